The minimum absolute atomic E-state index is 0.0252. The molecule has 1 aromatic rings. The van der Waals surface area contributed by atoms with Crippen molar-refractivity contribution in [2.75, 3.05) is 5.75 Å². The van der Waals surface area contributed by atoms with E-state index in [2.05, 4.69) is 24.4 Å². The summed E-state index contributed by atoms with van der Waals surface area (Å²) in [4.78, 5) is 11.2. The van der Waals surface area contributed by atoms with Gasteiger partial charge in [-0.25, -0.2) is 0 Å². The first-order chi connectivity index (χ1) is 7.68. The average molecular weight is 234 g/mol. The summed E-state index contributed by atoms with van der Waals surface area (Å²) in [5.41, 5.74) is 8.10. The second-order valence-electron chi connectivity index (χ2n) is 3.75. The van der Waals surface area contributed by atoms with Gasteiger partial charge in [0, 0.05) is 17.5 Å². The van der Waals surface area contributed by atoms with E-state index in [0.29, 0.717) is 11.4 Å². The second kappa shape index (κ2) is 4.61. The minimum Gasteiger partial charge on any atom is -0.394 e. The number of thioether (sulfide) groups is 1. The van der Waals surface area contributed by atoms with Crippen LogP contribution in [-0.2, 0) is 4.79 Å². The van der Waals surface area contributed by atoms with Crippen LogP contribution in [0.2, 0.25) is 0 Å². The Morgan fingerprint density at radius 2 is 2.06 bits per heavy atom. The number of rotatable bonds is 3. The molecule has 0 spiro atoms. The van der Waals surface area contributed by atoms with Gasteiger partial charge in [0.05, 0.1) is 0 Å². The van der Waals surface area contributed by atoms with Gasteiger partial charge in [0.25, 0.3) is 0 Å². The Hall–Kier alpha value is -1.42. The van der Waals surface area contributed by atoms with Gasteiger partial charge in [-0.2, -0.15) is 0 Å². The molecular formula is C12H14N2OS. The Balaban J connectivity index is 2.09. The molecule has 1 atom stereocenters. The van der Waals surface area contributed by atoms with E-state index < -0.39 is 0 Å². The summed E-state index contributed by atoms with van der Waals surface area (Å²) in [6.45, 7) is 2.06. The van der Waals surface area contributed by atoms with E-state index in [1.54, 1.807) is 0 Å². The van der Waals surface area contributed by atoms with Gasteiger partial charge in [0.15, 0.2) is 0 Å². The van der Waals surface area contributed by atoms with Crippen molar-refractivity contribution in [1.29, 1.82) is 0 Å². The lowest BCUT2D eigenvalue weighted by molar-refractivity contribution is -0.107. The van der Waals surface area contributed by atoms with E-state index in [0.717, 1.165) is 5.70 Å². The normalized spacial score (nSPS) is 17.7. The predicted molar refractivity (Wildman–Crippen MR) is 66.7 cm³/mol. The lowest BCUT2D eigenvalue weighted by atomic mass is 10.1. The smallest absolute Gasteiger partial charge is 0.237 e. The quantitative estimate of drug-likeness (QED) is 0.837. The summed E-state index contributed by atoms with van der Waals surface area (Å²) in [5, 5.41) is 3.26. The molecule has 16 heavy (non-hydrogen) atoms. The topological polar surface area (TPSA) is 55.1 Å². The third kappa shape index (κ3) is 2.22. The maximum absolute atomic E-state index is 11.2. The van der Waals surface area contributed by atoms with Crippen molar-refractivity contribution in [2.24, 2.45) is 5.73 Å². The highest BCUT2D eigenvalue weighted by molar-refractivity contribution is 8.14. The molecule has 1 aromatic carbocycles. The Morgan fingerprint density at radius 3 is 2.62 bits per heavy atom. The van der Waals surface area contributed by atoms with Crippen LogP contribution in [0.3, 0.4) is 0 Å². The van der Waals surface area contributed by atoms with Gasteiger partial charge >= 0.3 is 0 Å². The summed E-state index contributed by atoms with van der Waals surface area (Å²) in [5.74, 6) is 0.655. The van der Waals surface area contributed by atoms with Crippen LogP contribution < -0.4 is 11.1 Å². The molecule has 4 heteroatoms. The summed E-state index contributed by atoms with van der Waals surface area (Å²) in [6.07, 6.45) is 0. The van der Waals surface area contributed by atoms with Crippen LogP contribution in [-0.4, -0.2) is 10.9 Å². The predicted octanol–water partition coefficient (Wildman–Crippen LogP) is 1.78. The van der Waals surface area contributed by atoms with E-state index in [-0.39, 0.29) is 11.2 Å². The molecule has 1 heterocycles. The van der Waals surface area contributed by atoms with Crippen molar-refractivity contribution in [3.63, 3.8) is 0 Å². The largest absolute Gasteiger partial charge is 0.394 e. The number of hydrogen-bond acceptors (Lipinski definition) is 4. The van der Waals surface area contributed by atoms with Gasteiger partial charge < -0.3 is 11.1 Å². The lowest BCUT2D eigenvalue weighted by Crippen LogP contribution is -2.21. The minimum atomic E-state index is -0.0252. The van der Waals surface area contributed by atoms with Gasteiger partial charge in [0.1, 0.15) is 5.70 Å². The SMILES string of the molecule is CC(NC1=C(N)C(=O)SC1)c1ccccc1. The van der Waals surface area contributed by atoms with Gasteiger partial charge in [0.2, 0.25) is 5.12 Å². The molecule has 1 aliphatic rings. The van der Waals surface area contributed by atoms with Gasteiger partial charge in [-0.15, -0.1) is 0 Å². The molecule has 2 rings (SSSR count). The van der Waals surface area contributed by atoms with E-state index in [1.807, 2.05) is 18.2 Å². The highest BCUT2D eigenvalue weighted by atomic mass is 32.2. The first kappa shape index (κ1) is 11.1. The summed E-state index contributed by atoms with van der Waals surface area (Å²) in [6, 6.07) is 10.3. The Kier molecular flexibility index (Phi) is 3.19. The Morgan fingerprint density at radius 1 is 1.38 bits per heavy atom. The molecule has 0 fully saturated rings. The van der Waals surface area contributed by atoms with E-state index in [9.17, 15) is 4.79 Å². The zero-order chi connectivity index (χ0) is 11.5. The summed E-state index contributed by atoms with van der Waals surface area (Å²) >= 11 is 1.25. The van der Waals surface area contributed by atoms with Crippen LogP contribution in [0.15, 0.2) is 41.7 Å². The lowest BCUT2D eigenvalue weighted by Gasteiger charge is -2.16. The Bertz CT molecular complexity index is 428. The average Bonchev–Trinajstić information content (AvgIpc) is 2.62. The number of hydrogen-bond donors (Lipinski definition) is 2. The van der Waals surface area contributed by atoms with E-state index in [4.69, 9.17) is 5.73 Å². The molecule has 0 amide bonds. The van der Waals surface area contributed by atoms with Crippen molar-refractivity contribution in [2.45, 2.75) is 13.0 Å². The van der Waals surface area contributed by atoms with Crippen molar-refractivity contribution in [1.82, 2.24) is 5.32 Å². The zero-order valence-corrected chi connectivity index (χ0v) is 9.88. The fraction of sp³-hybridized carbons (Fsp3) is 0.250. The van der Waals surface area contributed by atoms with Gasteiger partial charge in [-0.1, -0.05) is 42.1 Å². The van der Waals surface area contributed by atoms with Crippen molar-refractivity contribution in [3.05, 3.63) is 47.3 Å². The summed E-state index contributed by atoms with van der Waals surface area (Å²) < 4.78 is 0. The summed E-state index contributed by atoms with van der Waals surface area (Å²) in [7, 11) is 0. The molecule has 1 aliphatic heterocycles. The highest BCUT2D eigenvalue weighted by Gasteiger charge is 2.22. The highest BCUT2D eigenvalue weighted by Crippen LogP contribution is 2.23. The molecule has 0 aliphatic carbocycles. The molecular weight excluding hydrogens is 220 g/mol. The molecule has 1 unspecified atom stereocenters. The molecule has 3 N–H and O–H groups in total. The number of carbonyl (C=O) groups excluding carboxylic acids is 1. The third-order valence-corrected chi connectivity index (χ3v) is 3.50. The molecule has 3 nitrogen and oxygen atoms in total. The van der Waals surface area contributed by atoms with Gasteiger partial charge in [-0.3, -0.25) is 4.79 Å². The number of carbonyl (C=O) groups is 1. The fourth-order valence-electron chi connectivity index (χ4n) is 1.62. The monoisotopic (exact) mass is 234 g/mol. The van der Waals surface area contributed by atoms with Crippen LogP contribution >= 0.6 is 11.8 Å². The molecule has 0 bridgehead atoms. The molecule has 0 saturated carbocycles. The van der Waals surface area contributed by atoms with Crippen LogP contribution in [0.1, 0.15) is 18.5 Å². The van der Waals surface area contributed by atoms with Crippen LogP contribution in [0.25, 0.3) is 0 Å². The van der Waals surface area contributed by atoms with Crippen LogP contribution in [0.5, 0.6) is 0 Å². The van der Waals surface area contributed by atoms with Crippen molar-refractivity contribution < 1.29 is 4.79 Å². The van der Waals surface area contributed by atoms with Gasteiger partial charge in [-0.05, 0) is 12.5 Å². The Labute approximate surface area is 99.1 Å². The van der Waals surface area contributed by atoms with E-state index >= 15 is 0 Å². The standard InChI is InChI=1S/C12H14N2OS/c1-8(9-5-3-2-4-6-9)14-10-7-16-12(15)11(10)13/h2-6,8,14H,7,13H2,1H3. The first-order valence-electron chi connectivity index (χ1n) is 5.15. The maximum atomic E-state index is 11.2. The van der Waals surface area contributed by atoms with Crippen LogP contribution in [0.4, 0.5) is 0 Å². The molecule has 0 saturated heterocycles. The van der Waals surface area contributed by atoms with Crippen molar-refractivity contribution >= 4 is 16.9 Å². The second-order valence-corrected chi connectivity index (χ2v) is 4.69. The number of benzene rings is 1. The fourth-order valence-corrected chi connectivity index (χ4v) is 2.42. The van der Waals surface area contributed by atoms with Crippen molar-refractivity contribution in [3.8, 4) is 0 Å². The molecule has 0 radical (unpaired) electrons. The number of nitrogens with two attached hydrogens (primary N) is 1. The number of nitrogens with one attached hydrogen (secondary N) is 1. The molecule has 84 valence electrons. The van der Waals surface area contributed by atoms with Crippen LogP contribution in [0, 0.1) is 0 Å². The van der Waals surface area contributed by atoms with E-state index in [1.165, 1.54) is 17.3 Å². The maximum Gasteiger partial charge on any atom is 0.237 e. The molecule has 0 aromatic heterocycles. The third-order valence-electron chi connectivity index (χ3n) is 2.58. The zero-order valence-electron chi connectivity index (χ0n) is 9.07. The first-order valence-corrected chi connectivity index (χ1v) is 6.14.